The molecule has 0 radical (unpaired) electrons. The zero-order chi connectivity index (χ0) is 13.2. The molecular formula is C11H17N3O4. The second kappa shape index (κ2) is 4.93. The molecular weight excluding hydrogens is 238 g/mol. The lowest BCUT2D eigenvalue weighted by atomic mass is 9.96. The van der Waals surface area contributed by atoms with E-state index in [0.29, 0.717) is 18.8 Å². The van der Waals surface area contributed by atoms with Gasteiger partial charge in [0.25, 0.3) is 0 Å². The number of hydrogen-bond donors (Lipinski definition) is 3. The van der Waals surface area contributed by atoms with Crippen LogP contribution in [-0.2, 0) is 11.2 Å². The molecule has 100 valence electrons. The number of carbonyl (C=O) groups excluding carboxylic acids is 1. The molecule has 1 unspecified atom stereocenters. The van der Waals surface area contributed by atoms with Crippen LogP contribution in [0.4, 0.5) is 0 Å². The van der Waals surface area contributed by atoms with Crippen LogP contribution in [0.3, 0.4) is 0 Å². The molecule has 1 heterocycles. The first-order valence-electron chi connectivity index (χ1n) is 6.01. The van der Waals surface area contributed by atoms with Crippen molar-refractivity contribution in [3.63, 3.8) is 0 Å². The number of amides is 1. The molecule has 7 heteroatoms. The van der Waals surface area contributed by atoms with Crippen LogP contribution in [0, 0.1) is 5.92 Å². The smallest absolute Gasteiger partial charge is 0.389 e. The van der Waals surface area contributed by atoms with Gasteiger partial charge in [0.1, 0.15) is 0 Å². The molecule has 1 atom stereocenters. The summed E-state index contributed by atoms with van der Waals surface area (Å²) in [5.74, 6) is -0.157. The summed E-state index contributed by atoms with van der Waals surface area (Å²) in [6.07, 6.45) is 2.47. The van der Waals surface area contributed by atoms with Crippen molar-refractivity contribution in [2.24, 2.45) is 5.92 Å². The summed E-state index contributed by atoms with van der Waals surface area (Å²) in [4.78, 5) is 24.6. The van der Waals surface area contributed by atoms with Gasteiger partial charge in [-0.3, -0.25) is 14.3 Å². The van der Waals surface area contributed by atoms with Crippen LogP contribution in [0.25, 0.3) is 0 Å². The Morgan fingerprint density at radius 1 is 1.67 bits per heavy atom. The zero-order valence-corrected chi connectivity index (χ0v) is 10.2. The Balaban J connectivity index is 1.70. The van der Waals surface area contributed by atoms with Gasteiger partial charge < -0.3 is 10.4 Å². The van der Waals surface area contributed by atoms with E-state index < -0.39 is 11.4 Å². The summed E-state index contributed by atoms with van der Waals surface area (Å²) in [5.41, 5.74) is -0.910. The number of carbonyl (C=O) groups is 1. The van der Waals surface area contributed by atoms with Crippen LogP contribution < -0.4 is 11.1 Å². The van der Waals surface area contributed by atoms with E-state index in [0.717, 1.165) is 12.8 Å². The van der Waals surface area contributed by atoms with Crippen molar-refractivity contribution >= 4 is 5.91 Å². The van der Waals surface area contributed by atoms with Gasteiger partial charge in [-0.1, -0.05) is 5.16 Å². The van der Waals surface area contributed by atoms with Gasteiger partial charge in [0.05, 0.1) is 12.0 Å². The summed E-state index contributed by atoms with van der Waals surface area (Å²) < 4.78 is 4.33. The second-order valence-corrected chi connectivity index (χ2v) is 4.95. The third kappa shape index (κ3) is 3.43. The Kier molecular flexibility index (Phi) is 3.51. The molecule has 0 spiro atoms. The summed E-state index contributed by atoms with van der Waals surface area (Å²) in [6.45, 7) is 2.04. The molecule has 2 rings (SSSR count). The van der Waals surface area contributed by atoms with E-state index >= 15 is 0 Å². The molecule has 1 fully saturated rings. The normalized spacial score (nSPS) is 18.3. The van der Waals surface area contributed by atoms with E-state index in [4.69, 9.17) is 0 Å². The van der Waals surface area contributed by atoms with E-state index in [9.17, 15) is 14.7 Å². The molecule has 1 saturated carbocycles. The molecule has 7 nitrogen and oxygen atoms in total. The third-order valence-electron chi connectivity index (χ3n) is 3.14. The fourth-order valence-electron chi connectivity index (χ4n) is 1.93. The molecule has 1 aliphatic carbocycles. The van der Waals surface area contributed by atoms with Crippen LogP contribution in [-0.4, -0.2) is 33.3 Å². The summed E-state index contributed by atoms with van der Waals surface area (Å²) in [5, 5.41) is 16.2. The average molecular weight is 255 g/mol. The molecule has 0 bridgehead atoms. The van der Waals surface area contributed by atoms with Crippen LogP contribution >= 0.6 is 0 Å². The van der Waals surface area contributed by atoms with Gasteiger partial charge in [-0.2, -0.15) is 0 Å². The minimum atomic E-state index is -0.910. The molecule has 0 aromatic carbocycles. The predicted molar refractivity (Wildman–Crippen MR) is 61.8 cm³/mol. The number of aromatic nitrogens is 2. The van der Waals surface area contributed by atoms with Gasteiger partial charge in [-0.05, 0) is 25.7 Å². The molecule has 1 aliphatic rings. The first-order chi connectivity index (χ1) is 8.47. The maximum atomic E-state index is 11.6. The van der Waals surface area contributed by atoms with E-state index in [1.54, 1.807) is 6.92 Å². The topological polar surface area (TPSA) is 108 Å². The number of nitrogens with one attached hydrogen (secondary N) is 2. The molecule has 18 heavy (non-hydrogen) atoms. The van der Waals surface area contributed by atoms with E-state index in [2.05, 4.69) is 20.0 Å². The highest BCUT2D eigenvalue weighted by atomic mass is 16.5. The van der Waals surface area contributed by atoms with Crippen LogP contribution in [0.5, 0.6) is 0 Å². The fraction of sp³-hybridized carbons (Fsp3) is 0.727. The Bertz CT molecular complexity index is 473. The fourth-order valence-corrected chi connectivity index (χ4v) is 1.93. The lowest BCUT2D eigenvalue weighted by molar-refractivity contribution is -0.126. The van der Waals surface area contributed by atoms with E-state index in [1.165, 1.54) is 0 Å². The number of rotatable bonds is 6. The third-order valence-corrected chi connectivity index (χ3v) is 3.14. The molecule has 0 saturated heterocycles. The summed E-state index contributed by atoms with van der Waals surface area (Å²) in [7, 11) is 0. The van der Waals surface area contributed by atoms with Gasteiger partial charge in [0, 0.05) is 13.0 Å². The summed E-state index contributed by atoms with van der Waals surface area (Å²) in [6, 6.07) is 0. The van der Waals surface area contributed by atoms with Gasteiger partial charge in [0.2, 0.25) is 5.91 Å². The van der Waals surface area contributed by atoms with Crippen LogP contribution in [0.15, 0.2) is 9.32 Å². The molecule has 1 amide bonds. The Morgan fingerprint density at radius 3 is 2.94 bits per heavy atom. The van der Waals surface area contributed by atoms with Crippen molar-refractivity contribution in [1.29, 1.82) is 0 Å². The molecule has 1 aromatic heterocycles. The SMILES string of the molecule is CC(O)(CC(=O)NCCc1noc(=O)[nH]1)C1CC1. The first kappa shape index (κ1) is 12.8. The Labute approximate surface area is 104 Å². The highest BCUT2D eigenvalue weighted by molar-refractivity contribution is 5.77. The lowest BCUT2D eigenvalue weighted by Crippen LogP contribution is -2.36. The van der Waals surface area contributed by atoms with Crippen molar-refractivity contribution in [2.75, 3.05) is 6.54 Å². The minimum Gasteiger partial charge on any atom is -0.389 e. The lowest BCUT2D eigenvalue weighted by Gasteiger charge is -2.21. The highest BCUT2D eigenvalue weighted by Crippen LogP contribution is 2.41. The number of aliphatic hydroxyl groups is 1. The van der Waals surface area contributed by atoms with Gasteiger partial charge in [0.15, 0.2) is 5.82 Å². The molecule has 1 aromatic rings. The highest BCUT2D eigenvalue weighted by Gasteiger charge is 2.41. The van der Waals surface area contributed by atoms with Crippen molar-refractivity contribution < 1.29 is 14.4 Å². The Hall–Kier alpha value is -1.63. The monoisotopic (exact) mass is 255 g/mol. The Morgan fingerprint density at radius 2 is 2.39 bits per heavy atom. The van der Waals surface area contributed by atoms with Crippen molar-refractivity contribution in [3.05, 3.63) is 16.4 Å². The number of hydrogen-bond acceptors (Lipinski definition) is 5. The average Bonchev–Trinajstić information content (AvgIpc) is 3.04. The van der Waals surface area contributed by atoms with Gasteiger partial charge in [-0.25, -0.2) is 4.79 Å². The van der Waals surface area contributed by atoms with Gasteiger partial charge >= 0.3 is 5.76 Å². The second-order valence-electron chi connectivity index (χ2n) is 4.95. The summed E-state index contributed by atoms with van der Waals surface area (Å²) >= 11 is 0. The minimum absolute atomic E-state index is 0.104. The first-order valence-corrected chi connectivity index (χ1v) is 6.01. The number of aromatic amines is 1. The van der Waals surface area contributed by atoms with Crippen LogP contribution in [0.1, 0.15) is 32.0 Å². The van der Waals surface area contributed by atoms with Crippen molar-refractivity contribution in [1.82, 2.24) is 15.5 Å². The number of H-pyrrole nitrogens is 1. The maximum absolute atomic E-state index is 11.6. The quantitative estimate of drug-likeness (QED) is 0.639. The van der Waals surface area contributed by atoms with E-state index in [-0.39, 0.29) is 18.2 Å². The van der Waals surface area contributed by atoms with Crippen LogP contribution in [0.2, 0.25) is 0 Å². The van der Waals surface area contributed by atoms with Crippen molar-refractivity contribution in [3.8, 4) is 0 Å². The predicted octanol–water partition coefficient (Wildman–Crippen LogP) is -0.427. The largest absolute Gasteiger partial charge is 0.438 e. The molecule has 3 N–H and O–H groups in total. The zero-order valence-electron chi connectivity index (χ0n) is 10.2. The number of nitrogens with zero attached hydrogens (tertiary/aromatic N) is 1. The molecule has 0 aliphatic heterocycles. The van der Waals surface area contributed by atoms with Crippen molar-refractivity contribution in [2.45, 2.75) is 38.2 Å². The van der Waals surface area contributed by atoms with E-state index in [1.807, 2.05) is 0 Å². The standard InChI is InChI=1S/C11H17N3O4/c1-11(17,7-2-3-7)6-9(15)12-5-4-8-13-10(16)18-14-8/h7,17H,2-6H2,1H3,(H,12,15)(H,13,14,16). The van der Waals surface area contributed by atoms with Gasteiger partial charge in [-0.15, -0.1) is 0 Å². The maximum Gasteiger partial charge on any atom is 0.438 e.